The number of aromatic nitrogens is 2. The largest absolute Gasteiger partial charge is 0.344 e. The summed E-state index contributed by atoms with van der Waals surface area (Å²) in [5, 5.41) is 10.1. The number of benzene rings is 1. The van der Waals surface area contributed by atoms with E-state index >= 15 is 0 Å². The van der Waals surface area contributed by atoms with Gasteiger partial charge in [-0.1, -0.05) is 29.8 Å². The van der Waals surface area contributed by atoms with Gasteiger partial charge in [-0.05, 0) is 47.0 Å². The molecule has 0 aliphatic heterocycles. The molecule has 1 aliphatic rings. The number of nitrogens with zero attached hydrogens (tertiary/aromatic N) is 2. The Labute approximate surface area is 155 Å². The van der Waals surface area contributed by atoms with Gasteiger partial charge < -0.3 is 5.32 Å². The summed E-state index contributed by atoms with van der Waals surface area (Å²) in [6, 6.07) is 11.6. The van der Waals surface area contributed by atoms with Crippen molar-refractivity contribution in [1.29, 1.82) is 0 Å². The highest BCUT2D eigenvalue weighted by atomic mass is 35.5. The van der Waals surface area contributed by atoms with Crippen LogP contribution >= 0.6 is 22.9 Å². The van der Waals surface area contributed by atoms with Crippen LogP contribution in [0.4, 0.5) is 0 Å². The first-order valence-electron chi connectivity index (χ1n) is 8.19. The molecule has 1 saturated carbocycles. The van der Waals surface area contributed by atoms with Crippen LogP contribution in [0.1, 0.15) is 34.4 Å². The second-order valence-electron chi connectivity index (χ2n) is 6.40. The molecule has 3 aromatic rings. The molecule has 1 amide bonds. The molecule has 1 N–H and O–H groups in total. The fraction of sp³-hybridized carbons (Fsp3) is 0.263. The van der Waals surface area contributed by atoms with Crippen LogP contribution in [0.5, 0.6) is 0 Å². The van der Waals surface area contributed by atoms with Crippen LogP contribution in [0, 0.1) is 5.92 Å². The van der Waals surface area contributed by atoms with Gasteiger partial charge in [-0.25, -0.2) is 0 Å². The zero-order chi connectivity index (χ0) is 17.4. The van der Waals surface area contributed by atoms with Crippen LogP contribution in [0.3, 0.4) is 0 Å². The first-order valence-corrected chi connectivity index (χ1v) is 9.45. The number of nitrogens with one attached hydrogen (secondary N) is 1. The Bertz CT molecular complexity index is 872. The maximum atomic E-state index is 12.8. The minimum atomic E-state index is -0.139. The molecule has 0 bridgehead atoms. The van der Waals surface area contributed by atoms with Gasteiger partial charge in [-0.3, -0.25) is 9.48 Å². The van der Waals surface area contributed by atoms with E-state index in [0.29, 0.717) is 5.02 Å². The predicted octanol–water partition coefficient (Wildman–Crippen LogP) is 4.14. The van der Waals surface area contributed by atoms with Crippen molar-refractivity contribution in [3.05, 3.63) is 75.2 Å². The molecule has 4 rings (SSSR count). The molecule has 25 heavy (non-hydrogen) atoms. The highest BCUT2D eigenvalue weighted by Gasteiger charge is 2.45. The lowest BCUT2D eigenvalue weighted by atomic mass is 10.0. The highest BCUT2D eigenvalue weighted by molar-refractivity contribution is 7.10. The molecular formula is C19H18ClN3OS. The van der Waals surface area contributed by atoms with Crippen LogP contribution in [0.2, 0.25) is 5.02 Å². The van der Waals surface area contributed by atoms with Gasteiger partial charge in [0.1, 0.15) is 0 Å². The van der Waals surface area contributed by atoms with E-state index in [9.17, 15) is 4.79 Å². The predicted molar refractivity (Wildman–Crippen MR) is 99.8 cm³/mol. The molecule has 2 heterocycles. The Hall–Kier alpha value is -2.11. The Morgan fingerprint density at radius 3 is 2.80 bits per heavy atom. The fourth-order valence-corrected chi connectivity index (χ4v) is 4.09. The lowest BCUT2D eigenvalue weighted by molar-refractivity contribution is -0.122. The van der Waals surface area contributed by atoms with E-state index in [2.05, 4.69) is 16.5 Å². The molecule has 3 unspecified atom stereocenters. The van der Waals surface area contributed by atoms with E-state index in [-0.39, 0.29) is 23.8 Å². The molecule has 0 spiro atoms. The van der Waals surface area contributed by atoms with E-state index in [1.165, 1.54) is 0 Å². The zero-order valence-corrected chi connectivity index (χ0v) is 15.3. The van der Waals surface area contributed by atoms with E-state index in [1.54, 1.807) is 16.0 Å². The summed E-state index contributed by atoms with van der Waals surface area (Å²) in [5.74, 6) is 0.407. The zero-order valence-electron chi connectivity index (χ0n) is 13.7. The van der Waals surface area contributed by atoms with Gasteiger partial charge in [0.25, 0.3) is 0 Å². The average molecular weight is 372 g/mol. The molecule has 4 nitrogen and oxygen atoms in total. The van der Waals surface area contributed by atoms with Gasteiger partial charge in [0, 0.05) is 29.1 Å². The van der Waals surface area contributed by atoms with Crippen LogP contribution in [-0.4, -0.2) is 15.7 Å². The summed E-state index contributed by atoms with van der Waals surface area (Å²) >= 11 is 7.65. The smallest absolute Gasteiger partial charge is 0.224 e. The Balaban J connectivity index is 1.51. The lowest BCUT2D eigenvalue weighted by Gasteiger charge is -2.18. The molecule has 6 heteroatoms. The minimum Gasteiger partial charge on any atom is -0.344 e. The topological polar surface area (TPSA) is 46.9 Å². The molecule has 3 atom stereocenters. The van der Waals surface area contributed by atoms with Crippen molar-refractivity contribution in [2.45, 2.75) is 18.4 Å². The van der Waals surface area contributed by atoms with Crippen molar-refractivity contribution in [2.24, 2.45) is 13.0 Å². The van der Waals surface area contributed by atoms with E-state index in [0.717, 1.165) is 22.4 Å². The van der Waals surface area contributed by atoms with Gasteiger partial charge in [0.05, 0.1) is 12.2 Å². The van der Waals surface area contributed by atoms with Gasteiger partial charge in [-0.2, -0.15) is 5.10 Å². The van der Waals surface area contributed by atoms with Crippen molar-refractivity contribution in [1.82, 2.24) is 15.1 Å². The van der Waals surface area contributed by atoms with E-state index < -0.39 is 0 Å². The normalized spacial score (nSPS) is 20.2. The van der Waals surface area contributed by atoms with Crippen molar-refractivity contribution in [3.63, 3.8) is 0 Å². The number of thiophene rings is 1. The maximum absolute atomic E-state index is 12.8. The Morgan fingerprint density at radius 1 is 1.36 bits per heavy atom. The summed E-state index contributed by atoms with van der Waals surface area (Å²) < 4.78 is 1.78. The number of carbonyl (C=O) groups excluding carboxylic acids is 1. The minimum absolute atomic E-state index is 0.0268. The number of amides is 1. The van der Waals surface area contributed by atoms with E-state index in [1.807, 2.05) is 55.2 Å². The van der Waals surface area contributed by atoms with E-state index in [4.69, 9.17) is 11.6 Å². The van der Waals surface area contributed by atoms with Crippen LogP contribution < -0.4 is 5.32 Å². The second kappa shape index (κ2) is 6.65. The van der Waals surface area contributed by atoms with Crippen molar-refractivity contribution in [2.75, 3.05) is 0 Å². The number of rotatable bonds is 5. The molecule has 1 fully saturated rings. The monoisotopic (exact) mass is 371 g/mol. The number of aryl methyl sites for hydroxylation is 1. The quantitative estimate of drug-likeness (QED) is 0.732. The van der Waals surface area contributed by atoms with Gasteiger partial charge >= 0.3 is 0 Å². The average Bonchev–Trinajstić information content (AvgIpc) is 3.01. The van der Waals surface area contributed by atoms with Gasteiger partial charge in [0.15, 0.2) is 0 Å². The van der Waals surface area contributed by atoms with Crippen molar-refractivity contribution < 1.29 is 4.79 Å². The Kier molecular flexibility index (Phi) is 4.36. The molecule has 2 aromatic heterocycles. The first kappa shape index (κ1) is 16.4. The summed E-state index contributed by atoms with van der Waals surface area (Å²) in [4.78, 5) is 13.9. The molecule has 128 valence electrons. The SMILES string of the molecule is Cn1cc(C2CC2C(=O)NC(c2ccc(Cl)cc2)c2cccs2)cn1. The van der Waals surface area contributed by atoms with Crippen molar-refractivity contribution in [3.8, 4) is 0 Å². The lowest BCUT2D eigenvalue weighted by Crippen LogP contribution is -2.30. The first-order chi connectivity index (χ1) is 12.1. The summed E-state index contributed by atoms with van der Waals surface area (Å²) in [6.45, 7) is 0. The number of halogens is 1. The van der Waals surface area contributed by atoms with Crippen LogP contribution in [0.15, 0.2) is 54.2 Å². The fourth-order valence-electron chi connectivity index (χ4n) is 3.16. The standard InChI is InChI=1S/C19H18ClN3OS/c1-23-11-13(10-21-23)15-9-16(15)19(24)22-18(17-3-2-8-25-17)12-4-6-14(20)7-5-12/h2-8,10-11,15-16,18H,9H2,1H3,(H,22,24). The third-order valence-electron chi connectivity index (χ3n) is 4.60. The molecule has 0 radical (unpaired) electrons. The maximum Gasteiger partial charge on any atom is 0.224 e. The number of carbonyl (C=O) groups is 1. The van der Waals surface area contributed by atoms with Gasteiger partial charge in [0.2, 0.25) is 5.91 Å². The molecule has 1 aliphatic carbocycles. The van der Waals surface area contributed by atoms with Gasteiger partial charge in [-0.15, -0.1) is 11.3 Å². The summed E-state index contributed by atoms with van der Waals surface area (Å²) in [7, 11) is 1.90. The second-order valence-corrected chi connectivity index (χ2v) is 7.82. The third-order valence-corrected chi connectivity index (χ3v) is 5.79. The van der Waals surface area contributed by atoms with Crippen molar-refractivity contribution >= 4 is 28.8 Å². The highest BCUT2D eigenvalue weighted by Crippen LogP contribution is 2.47. The summed E-state index contributed by atoms with van der Waals surface area (Å²) in [6.07, 6.45) is 4.73. The number of hydrogen-bond acceptors (Lipinski definition) is 3. The van der Waals surface area contributed by atoms with Crippen LogP contribution in [-0.2, 0) is 11.8 Å². The van der Waals surface area contributed by atoms with Crippen LogP contribution in [0.25, 0.3) is 0 Å². The molecular weight excluding hydrogens is 354 g/mol. The third kappa shape index (κ3) is 3.48. The molecule has 1 aromatic carbocycles. The molecule has 0 saturated heterocycles. The summed E-state index contributed by atoms with van der Waals surface area (Å²) in [5.41, 5.74) is 2.18. The Morgan fingerprint density at radius 2 is 2.16 bits per heavy atom. The number of hydrogen-bond donors (Lipinski definition) is 1.